The van der Waals surface area contributed by atoms with E-state index in [1.165, 1.54) is 4.90 Å². The topological polar surface area (TPSA) is 90.3 Å². The van der Waals surface area contributed by atoms with Crippen molar-refractivity contribution in [3.63, 3.8) is 0 Å². The number of amides is 1. The van der Waals surface area contributed by atoms with Gasteiger partial charge in [-0.1, -0.05) is 0 Å². The number of carbonyl (C=O) groups is 1. The Labute approximate surface area is 124 Å². The molecule has 2 rings (SSSR count). The summed E-state index contributed by atoms with van der Waals surface area (Å²) in [6.45, 7) is 0.390. The van der Waals surface area contributed by atoms with Crippen LogP contribution in [0.2, 0.25) is 0 Å². The van der Waals surface area contributed by atoms with Gasteiger partial charge >= 0.3 is 0 Å². The lowest BCUT2D eigenvalue weighted by Crippen LogP contribution is -2.47. The summed E-state index contributed by atoms with van der Waals surface area (Å²) < 4.78 is 23.1. The molecule has 112 valence electrons. The average molecular weight is 307 g/mol. The molecule has 0 radical (unpaired) electrons. The summed E-state index contributed by atoms with van der Waals surface area (Å²) in [5, 5.41) is 11.8. The highest BCUT2D eigenvalue weighted by Gasteiger charge is 2.27. The number of nitrogens with one attached hydrogen (secondary N) is 1. The molecule has 1 aromatic carbocycles. The fourth-order valence-corrected chi connectivity index (χ4v) is 3.69. The van der Waals surface area contributed by atoms with Gasteiger partial charge in [-0.3, -0.25) is 4.79 Å². The zero-order chi connectivity index (χ0) is 15.5. The zero-order valence-corrected chi connectivity index (χ0v) is 12.6. The number of benzene rings is 1. The van der Waals surface area contributed by atoms with E-state index in [1.807, 2.05) is 6.07 Å². The monoisotopic (exact) mass is 307 g/mol. The number of anilines is 1. The van der Waals surface area contributed by atoms with E-state index in [4.69, 9.17) is 5.26 Å². The molecular formula is C14H17N3O3S. The summed E-state index contributed by atoms with van der Waals surface area (Å²) in [6, 6.07) is 8.36. The Hall–Kier alpha value is -1.91. The molecule has 1 aliphatic rings. The molecule has 6 nitrogen and oxygen atoms in total. The van der Waals surface area contributed by atoms with E-state index < -0.39 is 9.84 Å². The SMILES string of the molecule is CN(C(=O)CC1CS(=O)(=O)CCN1)c1ccc(C#N)cc1. The molecule has 0 spiro atoms. The maximum absolute atomic E-state index is 12.2. The van der Waals surface area contributed by atoms with Gasteiger partial charge in [0, 0.05) is 31.7 Å². The quantitative estimate of drug-likeness (QED) is 0.867. The van der Waals surface area contributed by atoms with Gasteiger partial charge in [0.05, 0.1) is 23.1 Å². The Morgan fingerprint density at radius 3 is 2.67 bits per heavy atom. The van der Waals surface area contributed by atoms with Crippen LogP contribution in [0.3, 0.4) is 0 Å². The van der Waals surface area contributed by atoms with Gasteiger partial charge in [0.1, 0.15) is 0 Å². The van der Waals surface area contributed by atoms with E-state index >= 15 is 0 Å². The normalized spacial score (nSPS) is 20.5. The molecule has 1 fully saturated rings. The van der Waals surface area contributed by atoms with Crippen molar-refractivity contribution >= 4 is 21.4 Å². The van der Waals surface area contributed by atoms with Crippen molar-refractivity contribution in [3.05, 3.63) is 29.8 Å². The maximum atomic E-state index is 12.2. The van der Waals surface area contributed by atoms with E-state index in [-0.39, 0.29) is 29.9 Å². The molecule has 0 saturated carbocycles. The highest BCUT2D eigenvalue weighted by atomic mass is 32.2. The van der Waals surface area contributed by atoms with E-state index in [2.05, 4.69) is 5.32 Å². The van der Waals surface area contributed by atoms with E-state index in [9.17, 15) is 13.2 Å². The largest absolute Gasteiger partial charge is 0.315 e. The lowest BCUT2D eigenvalue weighted by molar-refractivity contribution is -0.118. The van der Waals surface area contributed by atoms with Crippen molar-refractivity contribution in [3.8, 4) is 6.07 Å². The van der Waals surface area contributed by atoms with Crippen LogP contribution in [0.15, 0.2) is 24.3 Å². The molecule has 1 atom stereocenters. The van der Waals surface area contributed by atoms with Gasteiger partial charge in [0.15, 0.2) is 9.84 Å². The molecule has 0 aromatic heterocycles. The van der Waals surface area contributed by atoms with Gasteiger partial charge in [0.25, 0.3) is 0 Å². The number of nitriles is 1. The molecule has 1 amide bonds. The van der Waals surface area contributed by atoms with E-state index in [1.54, 1.807) is 31.3 Å². The van der Waals surface area contributed by atoms with Gasteiger partial charge in [-0.25, -0.2) is 8.42 Å². The Bertz CT molecular complexity index is 662. The summed E-state index contributed by atoms with van der Waals surface area (Å²) in [6.07, 6.45) is 0.135. The van der Waals surface area contributed by atoms with Gasteiger partial charge < -0.3 is 10.2 Å². The molecule has 21 heavy (non-hydrogen) atoms. The minimum atomic E-state index is -3.05. The number of hydrogen-bond donors (Lipinski definition) is 1. The highest BCUT2D eigenvalue weighted by Crippen LogP contribution is 2.16. The second-order valence-corrected chi connectivity index (χ2v) is 7.31. The van der Waals surface area contributed by atoms with Gasteiger partial charge in [-0.05, 0) is 24.3 Å². The minimum absolute atomic E-state index is 0.0000494. The molecule has 0 bridgehead atoms. The zero-order valence-electron chi connectivity index (χ0n) is 11.7. The third-order valence-electron chi connectivity index (χ3n) is 3.48. The van der Waals surface area contributed by atoms with Crippen molar-refractivity contribution in [2.45, 2.75) is 12.5 Å². The Kier molecular flexibility index (Phi) is 4.60. The second-order valence-electron chi connectivity index (χ2n) is 5.08. The standard InChI is InChI=1S/C14H17N3O3S/c1-17(13-4-2-11(9-15)3-5-13)14(18)8-12-10-21(19,20)7-6-16-12/h2-5,12,16H,6-8,10H2,1H3. The summed E-state index contributed by atoms with van der Waals surface area (Å²) in [4.78, 5) is 13.7. The Morgan fingerprint density at radius 2 is 2.10 bits per heavy atom. The molecule has 1 unspecified atom stereocenters. The van der Waals surface area contributed by atoms with Crippen molar-refractivity contribution in [2.24, 2.45) is 0 Å². The molecule has 0 aliphatic carbocycles. The van der Waals surface area contributed by atoms with Crippen molar-refractivity contribution < 1.29 is 13.2 Å². The fourth-order valence-electron chi connectivity index (χ4n) is 2.25. The lowest BCUT2D eigenvalue weighted by Gasteiger charge is -2.25. The first-order valence-electron chi connectivity index (χ1n) is 6.62. The van der Waals surface area contributed by atoms with Crippen LogP contribution in [0.5, 0.6) is 0 Å². The Morgan fingerprint density at radius 1 is 1.43 bits per heavy atom. The fraction of sp³-hybridized carbons (Fsp3) is 0.429. The number of sulfone groups is 1. The van der Waals surface area contributed by atoms with Crippen LogP contribution in [0.4, 0.5) is 5.69 Å². The molecule has 1 N–H and O–H groups in total. The smallest absolute Gasteiger partial charge is 0.228 e. The number of hydrogen-bond acceptors (Lipinski definition) is 5. The van der Waals surface area contributed by atoms with Gasteiger partial charge in [-0.15, -0.1) is 0 Å². The number of rotatable bonds is 3. The molecule has 1 aromatic rings. The van der Waals surface area contributed by atoms with Crippen LogP contribution >= 0.6 is 0 Å². The van der Waals surface area contributed by atoms with Crippen LogP contribution in [-0.2, 0) is 14.6 Å². The number of nitrogens with zero attached hydrogens (tertiary/aromatic N) is 2. The first kappa shape index (κ1) is 15.5. The first-order valence-corrected chi connectivity index (χ1v) is 8.44. The van der Waals surface area contributed by atoms with Crippen LogP contribution in [-0.4, -0.2) is 45.5 Å². The van der Waals surface area contributed by atoms with Crippen molar-refractivity contribution in [2.75, 3.05) is 30.0 Å². The molecular weight excluding hydrogens is 290 g/mol. The van der Waals surface area contributed by atoms with Crippen LogP contribution < -0.4 is 10.2 Å². The van der Waals surface area contributed by atoms with Crippen LogP contribution in [0.25, 0.3) is 0 Å². The predicted octanol–water partition coefficient (Wildman–Crippen LogP) is 0.298. The van der Waals surface area contributed by atoms with Crippen molar-refractivity contribution in [1.29, 1.82) is 5.26 Å². The highest BCUT2D eigenvalue weighted by molar-refractivity contribution is 7.91. The van der Waals surface area contributed by atoms with Crippen LogP contribution in [0, 0.1) is 11.3 Å². The third-order valence-corrected chi connectivity index (χ3v) is 5.22. The van der Waals surface area contributed by atoms with Crippen molar-refractivity contribution in [1.82, 2.24) is 5.32 Å². The number of carbonyl (C=O) groups excluding carboxylic acids is 1. The second kappa shape index (κ2) is 6.24. The van der Waals surface area contributed by atoms with Gasteiger partial charge in [-0.2, -0.15) is 5.26 Å². The lowest BCUT2D eigenvalue weighted by atomic mass is 10.1. The first-order chi connectivity index (χ1) is 9.91. The predicted molar refractivity (Wildman–Crippen MR) is 79.6 cm³/mol. The molecule has 1 heterocycles. The van der Waals surface area contributed by atoms with Gasteiger partial charge in [0.2, 0.25) is 5.91 Å². The molecule has 1 aliphatic heterocycles. The summed E-state index contributed by atoms with van der Waals surface area (Å²) >= 11 is 0. The Balaban J connectivity index is 2.00. The van der Waals surface area contributed by atoms with E-state index in [0.29, 0.717) is 17.8 Å². The summed E-state index contributed by atoms with van der Waals surface area (Å²) in [5.74, 6) is -0.0300. The van der Waals surface area contributed by atoms with E-state index in [0.717, 1.165) is 0 Å². The minimum Gasteiger partial charge on any atom is -0.315 e. The average Bonchev–Trinajstić information content (AvgIpc) is 2.45. The summed E-state index contributed by atoms with van der Waals surface area (Å²) in [5.41, 5.74) is 1.21. The molecule has 7 heteroatoms. The summed E-state index contributed by atoms with van der Waals surface area (Å²) in [7, 11) is -1.41. The maximum Gasteiger partial charge on any atom is 0.228 e. The molecule has 1 saturated heterocycles. The third kappa shape index (κ3) is 4.03. The van der Waals surface area contributed by atoms with Crippen LogP contribution in [0.1, 0.15) is 12.0 Å².